The summed E-state index contributed by atoms with van der Waals surface area (Å²) < 4.78 is 28.2. The first-order valence-electron chi connectivity index (χ1n) is 10.5. The molecule has 174 valence electrons. The normalized spacial score (nSPS) is 11.2. The van der Waals surface area contributed by atoms with Crippen LogP contribution >= 0.6 is 11.6 Å². The highest BCUT2D eigenvalue weighted by atomic mass is 35.5. The highest BCUT2D eigenvalue weighted by Gasteiger charge is 2.18. The molecule has 0 aliphatic carbocycles. The zero-order valence-corrected chi connectivity index (χ0v) is 20.5. The molecular formula is C25H24ClN5O2S. The Morgan fingerprint density at radius 2 is 1.26 bits per heavy atom. The fourth-order valence-corrected chi connectivity index (χ4v) is 4.90. The standard InChI is InChI=1S/C25H24ClN5O2S/c1-16-7-9-19(10-8-16)29-24-15-25(28-18(3)27-24)30-20-11-13-21(14-12-20)31-34(32,33)23-6-4-5-22(26)17(23)2/h4-15,31H,1-3H3,(H2,27,28,29,30). The fourth-order valence-electron chi connectivity index (χ4n) is 3.34. The molecule has 0 amide bonds. The van der Waals surface area contributed by atoms with E-state index in [1.54, 1.807) is 43.3 Å². The first-order chi connectivity index (χ1) is 16.2. The zero-order chi connectivity index (χ0) is 24.3. The van der Waals surface area contributed by atoms with Gasteiger partial charge in [-0.1, -0.05) is 35.4 Å². The lowest BCUT2D eigenvalue weighted by molar-refractivity contribution is 0.600. The molecular weight excluding hydrogens is 470 g/mol. The lowest BCUT2D eigenvalue weighted by atomic mass is 10.2. The number of hydrogen-bond acceptors (Lipinski definition) is 6. The Labute approximate surface area is 204 Å². The first kappa shape index (κ1) is 23.5. The lowest BCUT2D eigenvalue weighted by Crippen LogP contribution is -2.14. The van der Waals surface area contributed by atoms with Crippen LogP contribution in [-0.4, -0.2) is 18.4 Å². The van der Waals surface area contributed by atoms with E-state index in [1.165, 1.54) is 11.6 Å². The van der Waals surface area contributed by atoms with E-state index in [2.05, 4.69) is 25.3 Å². The predicted molar refractivity (Wildman–Crippen MR) is 138 cm³/mol. The molecule has 0 unspecified atom stereocenters. The molecule has 0 spiro atoms. The van der Waals surface area contributed by atoms with E-state index in [1.807, 2.05) is 44.2 Å². The third-order valence-electron chi connectivity index (χ3n) is 5.08. The first-order valence-corrected chi connectivity index (χ1v) is 12.4. The molecule has 0 aliphatic rings. The molecule has 0 radical (unpaired) electrons. The molecule has 0 saturated carbocycles. The van der Waals surface area contributed by atoms with Crippen LogP contribution in [0.4, 0.5) is 28.7 Å². The average molecular weight is 494 g/mol. The lowest BCUT2D eigenvalue weighted by Gasteiger charge is -2.13. The Bertz CT molecular complexity index is 1420. The maximum atomic E-state index is 12.8. The summed E-state index contributed by atoms with van der Waals surface area (Å²) >= 11 is 6.08. The van der Waals surface area contributed by atoms with E-state index in [9.17, 15) is 8.42 Å². The molecule has 9 heteroatoms. The smallest absolute Gasteiger partial charge is 0.262 e. The molecule has 34 heavy (non-hydrogen) atoms. The molecule has 1 heterocycles. The van der Waals surface area contributed by atoms with Crippen molar-refractivity contribution in [3.63, 3.8) is 0 Å². The van der Waals surface area contributed by atoms with Gasteiger partial charge in [0.2, 0.25) is 0 Å². The molecule has 0 aliphatic heterocycles. The molecule has 7 nitrogen and oxygen atoms in total. The van der Waals surface area contributed by atoms with Crippen molar-refractivity contribution in [2.45, 2.75) is 25.7 Å². The summed E-state index contributed by atoms with van der Waals surface area (Å²) in [6.07, 6.45) is 0. The van der Waals surface area contributed by atoms with Gasteiger partial charge < -0.3 is 10.6 Å². The van der Waals surface area contributed by atoms with Gasteiger partial charge in [-0.3, -0.25) is 4.72 Å². The van der Waals surface area contributed by atoms with Gasteiger partial charge in [0.15, 0.2) is 0 Å². The van der Waals surface area contributed by atoms with Gasteiger partial charge in [0.1, 0.15) is 17.5 Å². The van der Waals surface area contributed by atoms with E-state index < -0.39 is 10.0 Å². The second-order valence-electron chi connectivity index (χ2n) is 7.85. The third kappa shape index (κ3) is 5.65. The summed E-state index contributed by atoms with van der Waals surface area (Å²) in [6, 6.07) is 21.5. The van der Waals surface area contributed by atoms with Gasteiger partial charge in [0.05, 0.1) is 4.90 Å². The highest BCUT2D eigenvalue weighted by molar-refractivity contribution is 7.92. The molecule has 0 saturated heterocycles. The van der Waals surface area contributed by atoms with Crippen molar-refractivity contribution in [2.75, 3.05) is 15.4 Å². The number of hydrogen-bond donors (Lipinski definition) is 3. The molecule has 3 aromatic carbocycles. The summed E-state index contributed by atoms with van der Waals surface area (Å²) in [5, 5.41) is 6.91. The molecule has 4 aromatic rings. The number of nitrogens with one attached hydrogen (secondary N) is 3. The molecule has 4 rings (SSSR count). The minimum absolute atomic E-state index is 0.146. The number of rotatable bonds is 7. The van der Waals surface area contributed by atoms with Gasteiger partial charge >= 0.3 is 0 Å². The van der Waals surface area contributed by atoms with Crippen molar-refractivity contribution in [3.8, 4) is 0 Å². The Kier molecular flexibility index (Phi) is 6.72. The van der Waals surface area contributed by atoms with Crippen LogP contribution in [0.1, 0.15) is 17.0 Å². The number of aromatic nitrogens is 2. The van der Waals surface area contributed by atoms with Crippen molar-refractivity contribution in [1.29, 1.82) is 0 Å². The largest absolute Gasteiger partial charge is 0.340 e. The van der Waals surface area contributed by atoms with Crippen LogP contribution in [0.5, 0.6) is 0 Å². The molecule has 1 aromatic heterocycles. The Morgan fingerprint density at radius 3 is 1.85 bits per heavy atom. The van der Waals surface area contributed by atoms with Gasteiger partial charge in [0, 0.05) is 28.2 Å². The number of anilines is 5. The topological polar surface area (TPSA) is 96.0 Å². The Balaban J connectivity index is 1.48. The summed E-state index contributed by atoms with van der Waals surface area (Å²) in [7, 11) is -3.77. The fraction of sp³-hybridized carbons (Fsp3) is 0.120. The van der Waals surface area contributed by atoms with Crippen molar-refractivity contribution in [3.05, 3.63) is 94.8 Å². The van der Waals surface area contributed by atoms with Crippen molar-refractivity contribution in [1.82, 2.24) is 9.97 Å². The minimum atomic E-state index is -3.77. The highest BCUT2D eigenvalue weighted by Crippen LogP contribution is 2.26. The summed E-state index contributed by atoms with van der Waals surface area (Å²) in [5.74, 6) is 1.89. The molecule has 0 bridgehead atoms. The summed E-state index contributed by atoms with van der Waals surface area (Å²) in [6.45, 7) is 5.53. The van der Waals surface area contributed by atoms with Crippen LogP contribution in [0.2, 0.25) is 5.02 Å². The van der Waals surface area contributed by atoms with Crippen molar-refractivity contribution < 1.29 is 8.42 Å². The molecule has 3 N–H and O–H groups in total. The van der Waals surface area contributed by atoms with Crippen LogP contribution in [0.3, 0.4) is 0 Å². The van der Waals surface area contributed by atoms with E-state index in [0.717, 1.165) is 11.4 Å². The maximum Gasteiger partial charge on any atom is 0.262 e. The van der Waals surface area contributed by atoms with Gasteiger partial charge in [-0.05, 0) is 74.9 Å². The number of aryl methyl sites for hydroxylation is 2. The van der Waals surface area contributed by atoms with Crippen LogP contribution in [0, 0.1) is 20.8 Å². The minimum Gasteiger partial charge on any atom is -0.340 e. The Hall–Kier alpha value is -3.62. The van der Waals surface area contributed by atoms with E-state index in [-0.39, 0.29) is 4.90 Å². The molecule has 0 fully saturated rings. The van der Waals surface area contributed by atoms with Gasteiger partial charge in [-0.2, -0.15) is 0 Å². The monoisotopic (exact) mass is 493 g/mol. The predicted octanol–water partition coefficient (Wildman–Crippen LogP) is 6.34. The van der Waals surface area contributed by atoms with E-state index >= 15 is 0 Å². The second kappa shape index (κ2) is 9.70. The van der Waals surface area contributed by atoms with Crippen molar-refractivity contribution in [2.24, 2.45) is 0 Å². The zero-order valence-electron chi connectivity index (χ0n) is 18.9. The van der Waals surface area contributed by atoms with E-state index in [4.69, 9.17) is 11.6 Å². The quantitative estimate of drug-likeness (QED) is 0.278. The van der Waals surface area contributed by atoms with Gasteiger partial charge in [-0.25, -0.2) is 18.4 Å². The maximum absolute atomic E-state index is 12.8. The number of halogens is 1. The number of sulfonamides is 1. The number of nitrogens with zero attached hydrogens (tertiary/aromatic N) is 2. The van der Waals surface area contributed by atoms with Crippen LogP contribution in [-0.2, 0) is 10.0 Å². The van der Waals surface area contributed by atoms with Crippen LogP contribution in [0.25, 0.3) is 0 Å². The van der Waals surface area contributed by atoms with Gasteiger partial charge in [-0.15, -0.1) is 0 Å². The average Bonchev–Trinajstić information content (AvgIpc) is 2.78. The second-order valence-corrected chi connectivity index (χ2v) is 9.91. The van der Waals surface area contributed by atoms with Crippen LogP contribution < -0.4 is 15.4 Å². The SMILES string of the molecule is Cc1ccc(Nc2cc(Nc3ccc(NS(=O)(=O)c4cccc(Cl)c4C)cc3)nc(C)n2)cc1. The van der Waals surface area contributed by atoms with Crippen LogP contribution in [0.15, 0.2) is 77.7 Å². The summed E-state index contributed by atoms with van der Waals surface area (Å²) in [5.41, 5.74) is 3.80. The Morgan fingerprint density at radius 1 is 0.735 bits per heavy atom. The summed E-state index contributed by atoms with van der Waals surface area (Å²) in [4.78, 5) is 9.03. The van der Waals surface area contributed by atoms with E-state index in [0.29, 0.717) is 33.7 Å². The van der Waals surface area contributed by atoms with Crippen molar-refractivity contribution >= 4 is 50.3 Å². The number of benzene rings is 3. The third-order valence-corrected chi connectivity index (χ3v) is 7.01. The molecule has 0 atom stereocenters. The van der Waals surface area contributed by atoms with Gasteiger partial charge in [0.25, 0.3) is 10.0 Å².